The number of ether oxygens (including phenoxy) is 4. The van der Waals surface area contributed by atoms with E-state index in [0.717, 1.165) is 19.3 Å². The molecule has 188 valence electrons. The fraction of sp³-hybridized carbons (Fsp3) is 0.846. The predicted molar refractivity (Wildman–Crippen MR) is 128 cm³/mol. The summed E-state index contributed by atoms with van der Waals surface area (Å²) in [4.78, 5) is 11.9. The molecule has 8 unspecified atom stereocenters. The van der Waals surface area contributed by atoms with E-state index in [2.05, 4.69) is 24.9 Å². The van der Waals surface area contributed by atoms with E-state index >= 15 is 0 Å². The van der Waals surface area contributed by atoms with Gasteiger partial charge in [0.1, 0.15) is 22.8 Å². The van der Waals surface area contributed by atoms with Crippen LogP contribution in [0.5, 0.6) is 0 Å². The smallest absolute Gasteiger partial charge is 0.195 e. The number of nitrogens with zero attached hydrogens (tertiary/aromatic N) is 1. The molecule has 7 nitrogen and oxygen atoms in total. The molecular weight excluding hydrogens is 422 g/mol. The summed E-state index contributed by atoms with van der Waals surface area (Å²) < 4.78 is 23.8. The summed E-state index contributed by atoms with van der Waals surface area (Å²) in [6.45, 7) is 14.4. The number of fused-ring (bicyclic) bond motifs is 1. The lowest BCUT2D eigenvalue weighted by molar-refractivity contribution is -0.260. The molecule has 4 rings (SSSR count). The van der Waals surface area contributed by atoms with E-state index in [1.807, 2.05) is 47.8 Å². The zero-order valence-electron chi connectivity index (χ0n) is 21.6. The molecule has 4 aliphatic rings. The van der Waals surface area contributed by atoms with E-state index in [1.165, 1.54) is 5.57 Å². The minimum atomic E-state index is -1.09. The first kappa shape index (κ1) is 27.8. The van der Waals surface area contributed by atoms with Crippen molar-refractivity contribution in [3.63, 3.8) is 0 Å². The van der Waals surface area contributed by atoms with Gasteiger partial charge in [-0.1, -0.05) is 39.8 Å². The zero-order valence-corrected chi connectivity index (χ0v) is 21.6. The van der Waals surface area contributed by atoms with Crippen LogP contribution in [0.25, 0.3) is 0 Å². The second-order valence-corrected chi connectivity index (χ2v) is 10.1. The summed E-state index contributed by atoms with van der Waals surface area (Å²) in [7, 11) is 1.62. The molecule has 7 heteroatoms. The Balaban J connectivity index is 0.000000914. The van der Waals surface area contributed by atoms with Crippen molar-refractivity contribution in [3.05, 3.63) is 16.7 Å². The number of epoxide rings is 1. The first-order chi connectivity index (χ1) is 15.6. The molecule has 2 aliphatic heterocycles. The molecule has 1 spiro atoms. The summed E-state index contributed by atoms with van der Waals surface area (Å²) in [5.74, 6) is 0.0372. The van der Waals surface area contributed by atoms with E-state index in [9.17, 15) is 10.0 Å². The molecule has 1 N–H and O–H groups in total. The Labute approximate surface area is 199 Å². The molecule has 8 atom stereocenters. The van der Waals surface area contributed by atoms with Crippen molar-refractivity contribution in [1.82, 2.24) is 0 Å². The normalized spacial score (nSPS) is 45.1. The number of hydrogen-bond donors (Lipinski definition) is 1. The van der Waals surface area contributed by atoms with Crippen molar-refractivity contribution >= 4 is 0 Å². The standard InChI is InChI=1S/C22H35NO6.C2H6.C2H2/c1-13(2)21(23-25)10-17-22(29-17)19(4)9-7-8-15(11-27-14(3)26-6)16(19)12-28-20(22,5)18(21)24;2*1-2/h11,13-14,16-18,24H,7-10,12H2,1-6H3;1-2H3;1-2H/b15-11+;;. The van der Waals surface area contributed by atoms with E-state index in [1.54, 1.807) is 7.11 Å². The third kappa shape index (κ3) is 3.74. The number of terminal acetylenes is 1. The highest BCUT2D eigenvalue weighted by atomic mass is 16.7. The predicted octanol–water partition coefficient (Wildman–Crippen LogP) is 4.81. The molecule has 0 amide bonds. The molecule has 2 heterocycles. The van der Waals surface area contributed by atoms with Crippen LogP contribution in [0.15, 0.2) is 17.0 Å². The third-order valence-corrected chi connectivity index (χ3v) is 8.66. The maximum Gasteiger partial charge on any atom is 0.195 e. The van der Waals surface area contributed by atoms with Crippen LogP contribution in [0.3, 0.4) is 0 Å². The number of methoxy groups -OCH3 is 1. The van der Waals surface area contributed by atoms with Crippen LogP contribution in [-0.4, -0.2) is 54.1 Å². The monoisotopic (exact) mass is 465 g/mol. The van der Waals surface area contributed by atoms with Crippen LogP contribution in [0.1, 0.15) is 74.1 Å². The van der Waals surface area contributed by atoms with Gasteiger partial charge in [0.15, 0.2) is 6.29 Å². The molecule has 0 aromatic rings. The van der Waals surface area contributed by atoms with Gasteiger partial charge in [0.05, 0.1) is 19.0 Å². The summed E-state index contributed by atoms with van der Waals surface area (Å²) in [5.41, 5.74) is -1.67. The second kappa shape index (κ2) is 10.0. The SMILES string of the molecule is C#C.CC.COC(C)O/C=C1\CCCC2(C)C1COC1(C)C(O)C(N=O)(C(C)C)CC3OC321. The van der Waals surface area contributed by atoms with Crippen molar-refractivity contribution in [2.45, 2.75) is 109 Å². The molecule has 4 fully saturated rings. The molecule has 2 saturated heterocycles. The molecule has 0 bridgehead atoms. The Bertz CT molecular complexity index is 752. The van der Waals surface area contributed by atoms with Gasteiger partial charge in [0.2, 0.25) is 0 Å². The second-order valence-electron chi connectivity index (χ2n) is 10.1. The maximum absolute atomic E-state index is 11.9. The number of aliphatic hydroxyl groups is 1. The molecule has 0 aromatic heterocycles. The van der Waals surface area contributed by atoms with Crippen LogP contribution in [0, 0.1) is 35.0 Å². The van der Waals surface area contributed by atoms with Crippen LogP contribution in [0.2, 0.25) is 0 Å². The minimum absolute atomic E-state index is 0.103. The maximum atomic E-state index is 11.9. The fourth-order valence-electron chi connectivity index (χ4n) is 6.69. The summed E-state index contributed by atoms with van der Waals surface area (Å²) in [5, 5.41) is 14.9. The van der Waals surface area contributed by atoms with E-state index in [0.29, 0.717) is 13.0 Å². The van der Waals surface area contributed by atoms with Crippen molar-refractivity contribution in [2.24, 2.45) is 22.4 Å². The molecule has 33 heavy (non-hydrogen) atoms. The lowest BCUT2D eigenvalue weighted by Crippen LogP contribution is -2.75. The Kier molecular flexibility index (Phi) is 8.45. The first-order valence-electron chi connectivity index (χ1n) is 12.2. The number of nitroso groups, excluding NO2 is 1. The van der Waals surface area contributed by atoms with Gasteiger partial charge in [-0.2, -0.15) is 4.91 Å². The lowest BCUT2D eigenvalue weighted by atomic mass is 9.48. The topological polar surface area (TPSA) is 89.9 Å². The molecule has 0 aromatic carbocycles. The van der Waals surface area contributed by atoms with Gasteiger partial charge in [-0.25, -0.2) is 0 Å². The molecule has 2 aliphatic carbocycles. The Morgan fingerprint density at radius 2 is 1.88 bits per heavy atom. The average Bonchev–Trinajstić information content (AvgIpc) is 3.57. The van der Waals surface area contributed by atoms with E-state index in [-0.39, 0.29) is 29.6 Å². The Morgan fingerprint density at radius 3 is 2.42 bits per heavy atom. The summed E-state index contributed by atoms with van der Waals surface area (Å²) in [6.07, 6.45) is 11.8. The zero-order chi connectivity index (χ0) is 25.2. The van der Waals surface area contributed by atoms with Gasteiger partial charge < -0.3 is 24.1 Å². The van der Waals surface area contributed by atoms with Gasteiger partial charge in [0, 0.05) is 24.9 Å². The number of aliphatic hydroxyl groups excluding tert-OH is 1. The van der Waals surface area contributed by atoms with Crippen molar-refractivity contribution in [3.8, 4) is 12.8 Å². The highest BCUT2D eigenvalue weighted by molar-refractivity contribution is 5.37. The Hall–Kier alpha value is -1.46. The first-order valence-corrected chi connectivity index (χ1v) is 12.2. The third-order valence-electron chi connectivity index (χ3n) is 8.66. The van der Waals surface area contributed by atoms with Crippen molar-refractivity contribution in [2.75, 3.05) is 13.7 Å². The molecule has 0 radical (unpaired) electrons. The average molecular weight is 466 g/mol. The van der Waals surface area contributed by atoms with Gasteiger partial charge in [-0.3, -0.25) is 0 Å². The van der Waals surface area contributed by atoms with Crippen LogP contribution in [-0.2, 0) is 18.9 Å². The summed E-state index contributed by atoms with van der Waals surface area (Å²) in [6, 6.07) is 0. The molecular formula is C26H43NO6. The van der Waals surface area contributed by atoms with E-state index < -0.39 is 22.8 Å². The fourth-order valence-corrected chi connectivity index (χ4v) is 6.69. The number of hydrogen-bond acceptors (Lipinski definition) is 7. The molecule has 2 saturated carbocycles. The van der Waals surface area contributed by atoms with Crippen LogP contribution >= 0.6 is 0 Å². The highest BCUT2D eigenvalue weighted by Gasteiger charge is 2.86. The Morgan fingerprint density at radius 1 is 1.24 bits per heavy atom. The summed E-state index contributed by atoms with van der Waals surface area (Å²) >= 11 is 0. The van der Waals surface area contributed by atoms with Crippen molar-refractivity contribution < 1.29 is 24.1 Å². The quantitative estimate of drug-likeness (QED) is 0.206. The van der Waals surface area contributed by atoms with Crippen molar-refractivity contribution in [1.29, 1.82) is 0 Å². The van der Waals surface area contributed by atoms with Crippen LogP contribution in [0.4, 0.5) is 0 Å². The van der Waals surface area contributed by atoms with Crippen LogP contribution < -0.4 is 0 Å². The van der Waals surface area contributed by atoms with Gasteiger partial charge in [0.25, 0.3) is 0 Å². The largest absolute Gasteiger partial charge is 0.473 e. The van der Waals surface area contributed by atoms with E-state index in [4.69, 9.17) is 18.9 Å². The lowest BCUT2D eigenvalue weighted by Gasteiger charge is -2.61. The number of rotatable bonds is 5. The highest BCUT2D eigenvalue weighted by Crippen LogP contribution is 2.73. The minimum Gasteiger partial charge on any atom is -0.473 e. The van der Waals surface area contributed by atoms with Gasteiger partial charge >= 0.3 is 0 Å². The van der Waals surface area contributed by atoms with Gasteiger partial charge in [-0.15, -0.1) is 12.8 Å². The van der Waals surface area contributed by atoms with Gasteiger partial charge in [-0.05, 0) is 44.6 Å².